The van der Waals surface area contributed by atoms with Crippen LogP contribution in [0.5, 0.6) is 5.75 Å². The van der Waals surface area contributed by atoms with Crippen molar-refractivity contribution in [1.82, 2.24) is 4.90 Å². The fourth-order valence-corrected chi connectivity index (χ4v) is 3.22. The van der Waals surface area contributed by atoms with E-state index in [0.717, 1.165) is 30.6 Å². The van der Waals surface area contributed by atoms with Gasteiger partial charge in [-0.25, -0.2) is 4.79 Å². The number of carbonyl (C=O) groups excluding carboxylic acids is 1. The number of carboxylic acids is 1. The van der Waals surface area contributed by atoms with Gasteiger partial charge in [0.1, 0.15) is 11.8 Å². The third-order valence-corrected chi connectivity index (χ3v) is 4.39. The van der Waals surface area contributed by atoms with Crippen LogP contribution in [-0.2, 0) is 16.0 Å². The molecule has 1 aliphatic rings. The number of nitrogens with zero attached hydrogens (tertiary/aromatic N) is 1. The van der Waals surface area contributed by atoms with Crippen molar-refractivity contribution in [2.45, 2.75) is 45.1 Å². The standard InChI is InChI=1S/C18H25NO4/c1-13(11-14-7-3-4-9-16(14)23-2)12-17(20)19-10-6-5-8-15(19)18(21)22/h3-4,7,9,13,15H,5-6,8,10-12H2,1-2H3,(H,21,22)/t13-,15-/m0/s1. The summed E-state index contributed by atoms with van der Waals surface area (Å²) < 4.78 is 5.34. The van der Waals surface area contributed by atoms with Crippen LogP contribution in [0.15, 0.2) is 24.3 Å². The summed E-state index contributed by atoms with van der Waals surface area (Å²) in [5.74, 6) is 0.0123. The van der Waals surface area contributed by atoms with Crippen LogP contribution in [0.4, 0.5) is 0 Å². The molecule has 5 heteroatoms. The Kier molecular flexibility index (Phi) is 6.02. The molecule has 0 spiro atoms. The fourth-order valence-electron chi connectivity index (χ4n) is 3.22. The number of carboxylic acid groups (broad SMARTS) is 1. The number of ether oxygens (including phenoxy) is 1. The molecule has 23 heavy (non-hydrogen) atoms. The largest absolute Gasteiger partial charge is 0.496 e. The number of rotatable bonds is 6. The SMILES string of the molecule is COc1ccccc1C[C@H](C)CC(=O)N1CCCC[C@H]1C(=O)O. The number of para-hydroxylation sites is 1. The van der Waals surface area contributed by atoms with E-state index < -0.39 is 12.0 Å². The third kappa shape index (κ3) is 4.47. The average molecular weight is 319 g/mol. The van der Waals surface area contributed by atoms with Crippen molar-refractivity contribution in [2.24, 2.45) is 5.92 Å². The average Bonchev–Trinajstić information content (AvgIpc) is 2.55. The van der Waals surface area contributed by atoms with Crippen LogP contribution in [0.3, 0.4) is 0 Å². The Hall–Kier alpha value is -2.04. The lowest BCUT2D eigenvalue weighted by atomic mass is 9.95. The number of piperidine rings is 1. The molecule has 1 aliphatic heterocycles. The lowest BCUT2D eigenvalue weighted by Gasteiger charge is -2.33. The summed E-state index contributed by atoms with van der Waals surface area (Å²) in [4.78, 5) is 25.4. The van der Waals surface area contributed by atoms with Gasteiger partial charge in [-0.15, -0.1) is 0 Å². The summed E-state index contributed by atoms with van der Waals surface area (Å²) in [5, 5.41) is 9.28. The Morgan fingerprint density at radius 1 is 1.35 bits per heavy atom. The fraction of sp³-hybridized carbons (Fsp3) is 0.556. The number of methoxy groups -OCH3 is 1. The highest BCUT2D eigenvalue weighted by atomic mass is 16.5. The minimum absolute atomic E-state index is 0.0560. The number of benzene rings is 1. The van der Waals surface area contributed by atoms with E-state index in [2.05, 4.69) is 0 Å². The minimum atomic E-state index is -0.893. The van der Waals surface area contributed by atoms with Crippen LogP contribution < -0.4 is 4.74 Å². The van der Waals surface area contributed by atoms with Crippen LogP contribution in [0.25, 0.3) is 0 Å². The van der Waals surface area contributed by atoms with Gasteiger partial charge in [0.2, 0.25) is 5.91 Å². The van der Waals surface area contributed by atoms with Gasteiger partial charge in [0.05, 0.1) is 7.11 Å². The lowest BCUT2D eigenvalue weighted by molar-refractivity contribution is -0.152. The number of hydrogen-bond acceptors (Lipinski definition) is 3. The molecule has 1 aromatic rings. The summed E-state index contributed by atoms with van der Waals surface area (Å²) >= 11 is 0. The number of likely N-dealkylation sites (tertiary alicyclic amines) is 1. The van der Waals surface area contributed by atoms with Crippen molar-refractivity contribution in [2.75, 3.05) is 13.7 Å². The molecule has 0 bridgehead atoms. The molecule has 1 aromatic carbocycles. The van der Waals surface area contributed by atoms with Gasteiger partial charge >= 0.3 is 5.97 Å². The van der Waals surface area contributed by atoms with Gasteiger partial charge in [-0.3, -0.25) is 4.79 Å². The van der Waals surface area contributed by atoms with E-state index in [1.54, 1.807) is 12.0 Å². The molecule has 0 unspecified atom stereocenters. The van der Waals surface area contributed by atoms with Crippen LogP contribution >= 0.6 is 0 Å². The van der Waals surface area contributed by atoms with E-state index in [9.17, 15) is 14.7 Å². The first-order chi connectivity index (χ1) is 11.0. The molecule has 1 amide bonds. The van der Waals surface area contributed by atoms with Crippen molar-refractivity contribution in [3.05, 3.63) is 29.8 Å². The maximum atomic E-state index is 12.5. The van der Waals surface area contributed by atoms with Gasteiger partial charge in [0.25, 0.3) is 0 Å². The second-order valence-corrected chi connectivity index (χ2v) is 6.26. The first-order valence-corrected chi connectivity index (χ1v) is 8.17. The number of hydrogen-bond donors (Lipinski definition) is 1. The Bertz CT molecular complexity index is 558. The molecule has 2 rings (SSSR count). The Labute approximate surface area is 137 Å². The molecule has 1 fully saturated rings. The number of aliphatic carboxylic acids is 1. The molecule has 1 saturated heterocycles. The summed E-state index contributed by atoms with van der Waals surface area (Å²) in [5.41, 5.74) is 1.07. The molecular formula is C18H25NO4. The number of carbonyl (C=O) groups is 2. The van der Waals surface area contributed by atoms with E-state index in [1.807, 2.05) is 31.2 Å². The predicted molar refractivity (Wildman–Crippen MR) is 87.5 cm³/mol. The summed E-state index contributed by atoms with van der Waals surface area (Å²) in [6.07, 6.45) is 3.42. The molecule has 0 radical (unpaired) electrons. The van der Waals surface area contributed by atoms with Crippen molar-refractivity contribution in [3.63, 3.8) is 0 Å². The normalized spacial score (nSPS) is 19.2. The quantitative estimate of drug-likeness (QED) is 0.875. The molecule has 1 N–H and O–H groups in total. The minimum Gasteiger partial charge on any atom is -0.496 e. The van der Waals surface area contributed by atoms with Crippen molar-refractivity contribution < 1.29 is 19.4 Å². The molecule has 0 aromatic heterocycles. The Balaban J connectivity index is 1.97. The van der Waals surface area contributed by atoms with Crippen LogP contribution in [0, 0.1) is 5.92 Å². The molecule has 0 aliphatic carbocycles. The monoisotopic (exact) mass is 319 g/mol. The first kappa shape index (κ1) is 17.3. The molecule has 5 nitrogen and oxygen atoms in total. The second kappa shape index (κ2) is 7.99. The highest BCUT2D eigenvalue weighted by Crippen LogP contribution is 2.24. The van der Waals surface area contributed by atoms with Gasteiger partial charge in [-0.1, -0.05) is 25.1 Å². The third-order valence-electron chi connectivity index (χ3n) is 4.39. The zero-order chi connectivity index (χ0) is 16.8. The van der Waals surface area contributed by atoms with E-state index >= 15 is 0 Å². The van der Waals surface area contributed by atoms with E-state index in [0.29, 0.717) is 19.4 Å². The van der Waals surface area contributed by atoms with Crippen molar-refractivity contribution in [3.8, 4) is 5.75 Å². The van der Waals surface area contributed by atoms with Crippen LogP contribution in [-0.4, -0.2) is 41.6 Å². The van der Waals surface area contributed by atoms with Crippen LogP contribution in [0.1, 0.15) is 38.2 Å². The molecule has 1 heterocycles. The Morgan fingerprint density at radius 3 is 2.78 bits per heavy atom. The zero-order valence-electron chi connectivity index (χ0n) is 13.8. The second-order valence-electron chi connectivity index (χ2n) is 6.26. The van der Waals surface area contributed by atoms with Gasteiger partial charge in [0, 0.05) is 13.0 Å². The Morgan fingerprint density at radius 2 is 2.09 bits per heavy atom. The first-order valence-electron chi connectivity index (χ1n) is 8.17. The maximum absolute atomic E-state index is 12.5. The van der Waals surface area contributed by atoms with E-state index in [1.165, 1.54) is 0 Å². The van der Waals surface area contributed by atoms with Crippen molar-refractivity contribution in [1.29, 1.82) is 0 Å². The maximum Gasteiger partial charge on any atom is 0.326 e. The smallest absolute Gasteiger partial charge is 0.326 e. The van der Waals surface area contributed by atoms with Gasteiger partial charge in [0.15, 0.2) is 0 Å². The summed E-state index contributed by atoms with van der Waals surface area (Å²) in [7, 11) is 1.64. The summed E-state index contributed by atoms with van der Waals surface area (Å²) in [6.45, 7) is 2.57. The molecular weight excluding hydrogens is 294 g/mol. The van der Waals surface area contributed by atoms with Gasteiger partial charge in [-0.2, -0.15) is 0 Å². The van der Waals surface area contributed by atoms with E-state index in [-0.39, 0.29) is 11.8 Å². The highest BCUT2D eigenvalue weighted by Gasteiger charge is 2.32. The lowest BCUT2D eigenvalue weighted by Crippen LogP contribution is -2.48. The number of amides is 1. The highest BCUT2D eigenvalue weighted by molar-refractivity contribution is 5.84. The summed E-state index contributed by atoms with van der Waals surface area (Å²) in [6, 6.07) is 7.13. The van der Waals surface area contributed by atoms with Crippen LogP contribution in [0.2, 0.25) is 0 Å². The molecule has 2 atom stereocenters. The van der Waals surface area contributed by atoms with E-state index in [4.69, 9.17) is 4.74 Å². The van der Waals surface area contributed by atoms with Gasteiger partial charge < -0.3 is 14.7 Å². The zero-order valence-corrected chi connectivity index (χ0v) is 13.8. The van der Waals surface area contributed by atoms with Gasteiger partial charge in [-0.05, 0) is 43.2 Å². The van der Waals surface area contributed by atoms with Crippen molar-refractivity contribution >= 4 is 11.9 Å². The molecule has 126 valence electrons. The topological polar surface area (TPSA) is 66.8 Å². The predicted octanol–water partition coefficient (Wildman–Crippen LogP) is 2.73. The molecule has 0 saturated carbocycles.